The Hall–Kier alpha value is -2.64. The number of H-pyrrole nitrogens is 1. The Bertz CT molecular complexity index is 943. The summed E-state index contributed by atoms with van der Waals surface area (Å²) >= 11 is 1.68. The zero-order chi connectivity index (χ0) is 16.4. The normalized spacial score (nSPS) is 11.2. The van der Waals surface area contributed by atoms with Gasteiger partial charge in [0.05, 0.1) is 11.5 Å². The van der Waals surface area contributed by atoms with E-state index in [0.717, 1.165) is 37.9 Å². The third-order valence-electron chi connectivity index (χ3n) is 3.70. The van der Waals surface area contributed by atoms with Gasteiger partial charge >= 0.3 is 0 Å². The van der Waals surface area contributed by atoms with E-state index in [-0.39, 0.29) is 0 Å². The highest BCUT2D eigenvalue weighted by Crippen LogP contribution is 2.37. The zero-order valence-electron chi connectivity index (χ0n) is 13.1. The van der Waals surface area contributed by atoms with Gasteiger partial charge in [-0.3, -0.25) is 0 Å². The summed E-state index contributed by atoms with van der Waals surface area (Å²) in [6, 6.07) is 10.2. The highest BCUT2D eigenvalue weighted by Gasteiger charge is 2.12. The molecule has 0 saturated heterocycles. The van der Waals surface area contributed by atoms with Crippen molar-refractivity contribution < 1.29 is 9.26 Å². The van der Waals surface area contributed by atoms with Crippen LogP contribution in [0.15, 0.2) is 47.3 Å². The lowest BCUT2D eigenvalue weighted by molar-refractivity contribution is 0.210. The molecule has 24 heavy (non-hydrogen) atoms. The molecule has 2 N–H and O–H groups in total. The van der Waals surface area contributed by atoms with E-state index in [4.69, 9.17) is 9.26 Å². The van der Waals surface area contributed by atoms with E-state index in [1.807, 2.05) is 18.3 Å². The molecule has 0 aliphatic rings. The molecule has 122 valence electrons. The van der Waals surface area contributed by atoms with Gasteiger partial charge in [-0.2, -0.15) is 0 Å². The number of pyridine rings is 1. The maximum absolute atomic E-state index is 5.08. The van der Waals surface area contributed by atoms with E-state index < -0.39 is 0 Å². The smallest absolute Gasteiger partial charge is 0.140 e. The first kappa shape index (κ1) is 14.9. The van der Waals surface area contributed by atoms with Crippen molar-refractivity contribution in [2.45, 2.75) is 0 Å². The topological polar surface area (TPSA) is 76.0 Å². The number of hydrogen-bond acceptors (Lipinski definition) is 6. The van der Waals surface area contributed by atoms with Crippen LogP contribution in [0.4, 0.5) is 5.82 Å². The first-order valence-corrected chi connectivity index (χ1v) is 8.39. The van der Waals surface area contributed by atoms with Crippen molar-refractivity contribution in [2.75, 3.05) is 25.6 Å². The lowest BCUT2D eigenvalue weighted by Crippen LogP contribution is -2.08. The minimum Gasteiger partial charge on any atom is -0.383 e. The molecule has 0 aliphatic heterocycles. The van der Waals surface area contributed by atoms with Crippen LogP contribution in [0.25, 0.3) is 32.0 Å². The minimum absolute atomic E-state index is 0.634. The average molecular weight is 340 g/mol. The molecule has 0 bridgehead atoms. The summed E-state index contributed by atoms with van der Waals surface area (Å²) in [5, 5.41) is 8.40. The van der Waals surface area contributed by atoms with Crippen molar-refractivity contribution in [2.24, 2.45) is 0 Å². The summed E-state index contributed by atoms with van der Waals surface area (Å²) in [7, 11) is 1.69. The quantitative estimate of drug-likeness (QED) is 0.519. The first-order chi connectivity index (χ1) is 11.8. The van der Waals surface area contributed by atoms with Gasteiger partial charge in [-0.15, -0.1) is 11.3 Å². The number of methoxy groups -OCH3 is 1. The number of rotatable bonds is 6. The molecule has 4 aromatic heterocycles. The van der Waals surface area contributed by atoms with E-state index in [1.54, 1.807) is 24.7 Å². The Morgan fingerprint density at radius 2 is 2.17 bits per heavy atom. The minimum atomic E-state index is 0.634. The summed E-state index contributed by atoms with van der Waals surface area (Å²) < 4.78 is 10.0. The van der Waals surface area contributed by atoms with Gasteiger partial charge in [0, 0.05) is 41.7 Å². The number of thiophene rings is 1. The van der Waals surface area contributed by atoms with E-state index in [0.29, 0.717) is 13.2 Å². The van der Waals surface area contributed by atoms with Gasteiger partial charge < -0.3 is 19.6 Å². The Kier molecular flexibility index (Phi) is 4.02. The van der Waals surface area contributed by atoms with Crippen LogP contribution in [0, 0.1) is 0 Å². The van der Waals surface area contributed by atoms with Crippen LogP contribution in [-0.4, -0.2) is 35.4 Å². The van der Waals surface area contributed by atoms with Crippen molar-refractivity contribution in [1.29, 1.82) is 0 Å². The number of nitrogens with zero attached hydrogens (tertiary/aromatic N) is 2. The standard InChI is InChI=1S/C17H16N4O2S/c1-22-9-7-18-16-10-12(11-4-6-19-17(11)20-16)14-2-3-15(24-14)13-5-8-23-21-13/h2-6,8,10H,7,9H2,1H3,(H2,18,19,20). The van der Waals surface area contributed by atoms with Gasteiger partial charge in [0.15, 0.2) is 0 Å². The molecule has 0 radical (unpaired) electrons. The average Bonchev–Trinajstić information content (AvgIpc) is 3.33. The molecule has 4 rings (SSSR count). The molecule has 4 heterocycles. The van der Waals surface area contributed by atoms with E-state index in [9.17, 15) is 0 Å². The molecule has 0 saturated carbocycles. The van der Waals surface area contributed by atoms with Crippen LogP contribution in [0.5, 0.6) is 0 Å². The fraction of sp³-hybridized carbons (Fsp3) is 0.176. The Labute approximate surface area is 142 Å². The Morgan fingerprint density at radius 3 is 3.00 bits per heavy atom. The summed E-state index contributed by atoms with van der Waals surface area (Å²) in [5.74, 6) is 0.827. The van der Waals surface area contributed by atoms with Gasteiger partial charge in [0.25, 0.3) is 0 Å². The molecular weight excluding hydrogens is 324 g/mol. The third kappa shape index (κ3) is 2.79. The number of aromatic nitrogens is 3. The number of nitrogens with one attached hydrogen (secondary N) is 2. The van der Waals surface area contributed by atoms with Gasteiger partial charge in [-0.05, 0) is 24.3 Å². The first-order valence-electron chi connectivity index (χ1n) is 7.57. The lowest BCUT2D eigenvalue weighted by atomic mass is 10.1. The number of hydrogen-bond donors (Lipinski definition) is 2. The monoisotopic (exact) mass is 340 g/mol. The molecule has 7 heteroatoms. The lowest BCUT2D eigenvalue weighted by Gasteiger charge is -2.08. The summed E-state index contributed by atoms with van der Waals surface area (Å²) in [6.45, 7) is 1.35. The fourth-order valence-corrected chi connectivity index (χ4v) is 3.57. The van der Waals surface area contributed by atoms with Gasteiger partial charge in [0.2, 0.25) is 0 Å². The third-order valence-corrected chi connectivity index (χ3v) is 4.84. The van der Waals surface area contributed by atoms with Gasteiger partial charge in [-0.1, -0.05) is 5.16 Å². The predicted octanol–water partition coefficient (Wildman–Crippen LogP) is 4.00. The van der Waals surface area contributed by atoms with Crippen LogP contribution in [-0.2, 0) is 4.74 Å². The molecule has 0 unspecified atom stereocenters. The molecule has 0 aromatic carbocycles. The maximum Gasteiger partial charge on any atom is 0.140 e. The second kappa shape index (κ2) is 6.46. The molecular formula is C17H16N4O2S. The second-order valence-corrected chi connectivity index (χ2v) is 6.35. The number of fused-ring (bicyclic) bond motifs is 1. The van der Waals surface area contributed by atoms with E-state index in [1.165, 1.54) is 0 Å². The molecule has 0 atom stereocenters. The summed E-state index contributed by atoms with van der Waals surface area (Å²) in [5.41, 5.74) is 2.86. The summed E-state index contributed by atoms with van der Waals surface area (Å²) in [6.07, 6.45) is 3.50. The van der Waals surface area contributed by atoms with Crippen LogP contribution >= 0.6 is 11.3 Å². The molecule has 0 aliphatic carbocycles. The van der Waals surface area contributed by atoms with Crippen LogP contribution < -0.4 is 5.32 Å². The number of anilines is 1. The van der Waals surface area contributed by atoms with Crippen molar-refractivity contribution in [3.63, 3.8) is 0 Å². The number of ether oxygens (including phenoxy) is 1. The molecule has 4 aromatic rings. The maximum atomic E-state index is 5.08. The van der Waals surface area contributed by atoms with Crippen LogP contribution in [0.1, 0.15) is 0 Å². The Morgan fingerprint density at radius 1 is 1.25 bits per heavy atom. The molecule has 0 fully saturated rings. The van der Waals surface area contributed by atoms with Crippen molar-refractivity contribution in [3.8, 4) is 21.0 Å². The van der Waals surface area contributed by atoms with Gasteiger partial charge in [0.1, 0.15) is 23.4 Å². The van der Waals surface area contributed by atoms with Crippen molar-refractivity contribution in [1.82, 2.24) is 15.1 Å². The second-order valence-electron chi connectivity index (χ2n) is 5.26. The summed E-state index contributed by atoms with van der Waals surface area (Å²) in [4.78, 5) is 10.0. The molecule has 0 spiro atoms. The molecule has 6 nitrogen and oxygen atoms in total. The zero-order valence-corrected chi connectivity index (χ0v) is 13.9. The van der Waals surface area contributed by atoms with Crippen molar-refractivity contribution in [3.05, 3.63) is 42.8 Å². The van der Waals surface area contributed by atoms with E-state index >= 15 is 0 Å². The largest absolute Gasteiger partial charge is 0.383 e. The predicted molar refractivity (Wildman–Crippen MR) is 95.3 cm³/mol. The van der Waals surface area contributed by atoms with Gasteiger partial charge in [-0.25, -0.2) is 4.98 Å². The molecule has 0 amide bonds. The van der Waals surface area contributed by atoms with Crippen LogP contribution in [0.3, 0.4) is 0 Å². The van der Waals surface area contributed by atoms with Crippen molar-refractivity contribution >= 4 is 28.2 Å². The highest BCUT2D eigenvalue weighted by molar-refractivity contribution is 7.18. The van der Waals surface area contributed by atoms with Crippen LogP contribution in [0.2, 0.25) is 0 Å². The fourth-order valence-electron chi connectivity index (χ4n) is 2.57. The SMILES string of the molecule is COCCNc1cc(-c2ccc(-c3ccon3)s2)c2cc[nH]c2n1. The highest BCUT2D eigenvalue weighted by atomic mass is 32.1. The number of aromatic amines is 1. The van der Waals surface area contributed by atoms with E-state index in [2.05, 4.69) is 38.6 Å². The Balaban J connectivity index is 1.73.